The van der Waals surface area contributed by atoms with E-state index in [1.165, 1.54) is 5.56 Å². The van der Waals surface area contributed by atoms with Crippen LogP contribution in [0.3, 0.4) is 0 Å². The van der Waals surface area contributed by atoms with E-state index in [-0.39, 0.29) is 29.9 Å². The number of benzene rings is 2. The van der Waals surface area contributed by atoms with Gasteiger partial charge in [-0.1, -0.05) is 42.5 Å². The molecule has 0 spiro atoms. The van der Waals surface area contributed by atoms with Gasteiger partial charge in [0.2, 0.25) is 0 Å². The van der Waals surface area contributed by atoms with Gasteiger partial charge in [-0.05, 0) is 49.9 Å². The molecular weight excluding hydrogens is 513 g/mol. The number of piperidine rings is 1. The zero-order valence-electron chi connectivity index (χ0n) is 19.3. The Kier molecular flexibility index (Phi) is 11.0. The van der Waals surface area contributed by atoms with E-state index in [1.54, 1.807) is 7.05 Å². The molecule has 3 rings (SSSR count). The Hall–Kier alpha value is -2.13. The number of nitrogens with zero attached hydrogens (tertiary/aromatic N) is 2. The summed E-state index contributed by atoms with van der Waals surface area (Å²) in [4.78, 5) is 19.2. The van der Waals surface area contributed by atoms with Crippen molar-refractivity contribution in [1.29, 1.82) is 0 Å². The minimum Gasteiger partial charge on any atom is -0.357 e. The molecule has 1 amide bonds. The lowest BCUT2D eigenvalue weighted by Gasteiger charge is -2.38. The zero-order valence-corrected chi connectivity index (χ0v) is 21.6. The number of aliphatic imine (C=N–C) groups is 1. The highest BCUT2D eigenvalue weighted by Crippen LogP contribution is 2.20. The summed E-state index contributed by atoms with van der Waals surface area (Å²) in [6, 6.07) is 19.2. The lowest BCUT2D eigenvalue weighted by Crippen LogP contribution is -2.51. The Morgan fingerprint density at radius 1 is 1.12 bits per heavy atom. The summed E-state index contributed by atoms with van der Waals surface area (Å²) in [7, 11) is 1.65. The first-order valence-electron chi connectivity index (χ1n) is 11.2. The number of likely N-dealkylation sites (tertiary alicyclic amines) is 1. The Labute approximate surface area is 209 Å². The van der Waals surface area contributed by atoms with Crippen LogP contribution in [0.1, 0.15) is 48.2 Å². The monoisotopic (exact) mass is 549 g/mol. The second-order valence-electron chi connectivity index (χ2n) is 8.15. The fourth-order valence-corrected chi connectivity index (χ4v) is 4.04. The Morgan fingerprint density at radius 3 is 2.56 bits per heavy atom. The predicted octanol–water partition coefficient (Wildman–Crippen LogP) is 3.77. The predicted molar refractivity (Wildman–Crippen MR) is 143 cm³/mol. The highest BCUT2D eigenvalue weighted by atomic mass is 127. The maximum atomic E-state index is 11.9. The number of amides is 1. The molecule has 0 aromatic heterocycles. The number of hydrogen-bond donors (Lipinski definition) is 3. The molecule has 7 heteroatoms. The summed E-state index contributed by atoms with van der Waals surface area (Å²) >= 11 is 0. The molecule has 1 saturated heterocycles. The quantitative estimate of drug-likeness (QED) is 0.280. The minimum absolute atomic E-state index is 0. The SMILES string of the molecule is CCNC(=NCc1cccc(C(=O)NC)c1)NC1CCN(Cc2ccccc2)C(C)C1.I. The van der Waals surface area contributed by atoms with Crippen LogP contribution in [0.4, 0.5) is 0 Å². The van der Waals surface area contributed by atoms with Gasteiger partial charge in [-0.2, -0.15) is 0 Å². The van der Waals surface area contributed by atoms with Gasteiger partial charge in [-0.15, -0.1) is 24.0 Å². The van der Waals surface area contributed by atoms with Crippen molar-refractivity contribution in [1.82, 2.24) is 20.9 Å². The maximum Gasteiger partial charge on any atom is 0.251 e. The van der Waals surface area contributed by atoms with Crippen molar-refractivity contribution in [2.24, 2.45) is 4.99 Å². The summed E-state index contributed by atoms with van der Waals surface area (Å²) in [5.74, 6) is 0.758. The molecule has 0 bridgehead atoms. The standard InChI is InChI=1S/C25H35N5O.HI/c1-4-27-25(28-17-21-11-8-12-22(16-21)24(31)26-3)29-23-13-14-30(19(2)15-23)18-20-9-6-5-7-10-20;/h5-12,16,19,23H,4,13-15,17-18H2,1-3H3,(H,26,31)(H2,27,28,29);1H. The Morgan fingerprint density at radius 2 is 1.88 bits per heavy atom. The highest BCUT2D eigenvalue weighted by Gasteiger charge is 2.25. The molecule has 2 aromatic carbocycles. The van der Waals surface area contributed by atoms with Crippen molar-refractivity contribution >= 4 is 35.8 Å². The zero-order chi connectivity index (χ0) is 22.1. The average molecular weight is 550 g/mol. The number of nitrogens with one attached hydrogen (secondary N) is 3. The van der Waals surface area contributed by atoms with Gasteiger partial charge in [0.1, 0.15) is 0 Å². The first kappa shape index (κ1) is 26.1. The normalized spacial score (nSPS) is 19.0. The van der Waals surface area contributed by atoms with E-state index in [9.17, 15) is 4.79 Å². The first-order valence-corrected chi connectivity index (χ1v) is 11.2. The molecule has 6 nitrogen and oxygen atoms in total. The molecule has 1 aliphatic heterocycles. The molecule has 2 atom stereocenters. The van der Waals surface area contributed by atoms with E-state index in [4.69, 9.17) is 4.99 Å². The van der Waals surface area contributed by atoms with Crippen molar-refractivity contribution in [2.45, 2.75) is 51.9 Å². The third-order valence-electron chi connectivity index (χ3n) is 5.76. The van der Waals surface area contributed by atoms with E-state index in [2.05, 4.69) is 65.0 Å². The fraction of sp³-hybridized carbons (Fsp3) is 0.440. The largest absolute Gasteiger partial charge is 0.357 e. The van der Waals surface area contributed by atoms with E-state index in [0.717, 1.165) is 44.0 Å². The lowest BCUT2D eigenvalue weighted by molar-refractivity contribution is 0.0963. The number of hydrogen-bond acceptors (Lipinski definition) is 3. The van der Waals surface area contributed by atoms with Crippen LogP contribution in [-0.4, -0.2) is 49.0 Å². The Bertz CT molecular complexity index is 874. The van der Waals surface area contributed by atoms with Crippen molar-refractivity contribution < 1.29 is 4.79 Å². The lowest BCUT2D eigenvalue weighted by atomic mass is 9.97. The van der Waals surface area contributed by atoms with Gasteiger partial charge < -0.3 is 16.0 Å². The summed E-state index contributed by atoms with van der Waals surface area (Å²) < 4.78 is 0. The molecule has 1 fully saturated rings. The van der Waals surface area contributed by atoms with E-state index in [0.29, 0.717) is 24.2 Å². The van der Waals surface area contributed by atoms with Crippen LogP contribution in [0.15, 0.2) is 59.6 Å². The molecule has 174 valence electrons. The van der Waals surface area contributed by atoms with E-state index < -0.39 is 0 Å². The van der Waals surface area contributed by atoms with Crippen molar-refractivity contribution in [3.63, 3.8) is 0 Å². The van der Waals surface area contributed by atoms with Gasteiger partial charge in [0.25, 0.3) is 5.91 Å². The van der Waals surface area contributed by atoms with Gasteiger partial charge >= 0.3 is 0 Å². The van der Waals surface area contributed by atoms with Crippen LogP contribution < -0.4 is 16.0 Å². The summed E-state index contributed by atoms with van der Waals surface area (Å²) in [5, 5.41) is 9.65. The van der Waals surface area contributed by atoms with Gasteiger partial charge in [-0.3, -0.25) is 9.69 Å². The van der Waals surface area contributed by atoms with E-state index >= 15 is 0 Å². The van der Waals surface area contributed by atoms with Crippen LogP contribution in [0.5, 0.6) is 0 Å². The smallest absolute Gasteiger partial charge is 0.251 e. The van der Waals surface area contributed by atoms with Crippen LogP contribution in [0, 0.1) is 0 Å². The number of rotatable bonds is 7. The van der Waals surface area contributed by atoms with Gasteiger partial charge in [0, 0.05) is 44.3 Å². The molecule has 0 aliphatic carbocycles. The number of carbonyl (C=O) groups excluding carboxylic acids is 1. The molecule has 1 heterocycles. The van der Waals surface area contributed by atoms with E-state index in [1.807, 2.05) is 24.3 Å². The van der Waals surface area contributed by atoms with Crippen LogP contribution in [0.2, 0.25) is 0 Å². The van der Waals surface area contributed by atoms with Gasteiger partial charge in [0.15, 0.2) is 5.96 Å². The van der Waals surface area contributed by atoms with Gasteiger partial charge in [0.05, 0.1) is 6.54 Å². The number of guanidine groups is 1. The number of carbonyl (C=O) groups is 1. The topological polar surface area (TPSA) is 68.8 Å². The van der Waals surface area contributed by atoms with Gasteiger partial charge in [-0.25, -0.2) is 4.99 Å². The van der Waals surface area contributed by atoms with Crippen LogP contribution in [-0.2, 0) is 13.1 Å². The Balaban J connectivity index is 0.00000363. The summed E-state index contributed by atoms with van der Waals surface area (Å²) in [5.41, 5.74) is 3.05. The molecule has 32 heavy (non-hydrogen) atoms. The van der Waals surface area contributed by atoms with Crippen molar-refractivity contribution in [2.75, 3.05) is 20.1 Å². The molecule has 0 radical (unpaired) electrons. The summed E-state index contributed by atoms with van der Waals surface area (Å²) in [6.07, 6.45) is 2.18. The highest BCUT2D eigenvalue weighted by molar-refractivity contribution is 14.0. The van der Waals surface area contributed by atoms with Crippen LogP contribution in [0.25, 0.3) is 0 Å². The number of halogens is 1. The van der Waals surface area contributed by atoms with Crippen molar-refractivity contribution in [3.05, 3.63) is 71.3 Å². The molecule has 3 N–H and O–H groups in total. The second-order valence-corrected chi connectivity index (χ2v) is 8.15. The second kappa shape index (κ2) is 13.4. The summed E-state index contributed by atoms with van der Waals surface area (Å²) in [6.45, 7) is 7.81. The molecular formula is C25H36IN5O. The first-order chi connectivity index (χ1) is 15.1. The fourth-order valence-electron chi connectivity index (χ4n) is 4.04. The molecule has 2 aromatic rings. The average Bonchev–Trinajstić information content (AvgIpc) is 2.80. The molecule has 1 aliphatic rings. The minimum atomic E-state index is -0.0767. The molecule has 0 saturated carbocycles. The molecule has 2 unspecified atom stereocenters. The third kappa shape index (κ3) is 7.78. The van der Waals surface area contributed by atoms with Crippen molar-refractivity contribution in [3.8, 4) is 0 Å². The third-order valence-corrected chi connectivity index (χ3v) is 5.76. The maximum absolute atomic E-state index is 11.9. The van der Waals surface area contributed by atoms with Crippen LogP contribution >= 0.6 is 24.0 Å².